The maximum atomic E-state index is 11.9. The standard InChI is InChI=1S/C21H29NO3S/c1-13(23)24-18-15(19(2,3)4)9-16-14(17(18)20(5,6)7)10-21(8,25-16)11-22-12-26/h9H,10-11H2,1-8H3. The summed E-state index contributed by atoms with van der Waals surface area (Å²) < 4.78 is 12.1. The summed E-state index contributed by atoms with van der Waals surface area (Å²) in [6, 6.07) is 2.02. The van der Waals surface area contributed by atoms with Crippen molar-refractivity contribution in [1.82, 2.24) is 0 Å². The molecular weight excluding hydrogens is 346 g/mol. The van der Waals surface area contributed by atoms with Gasteiger partial charge in [-0.25, -0.2) is 4.99 Å². The Morgan fingerprint density at radius 2 is 1.92 bits per heavy atom. The third kappa shape index (κ3) is 4.16. The van der Waals surface area contributed by atoms with Crippen LogP contribution in [0, 0.1) is 0 Å². The molecule has 0 bridgehead atoms. The Hall–Kier alpha value is -1.71. The first-order chi connectivity index (χ1) is 11.8. The zero-order chi connectivity index (χ0) is 19.9. The zero-order valence-corrected chi connectivity index (χ0v) is 17.9. The minimum atomic E-state index is -0.474. The first kappa shape index (κ1) is 20.6. The van der Waals surface area contributed by atoms with E-state index < -0.39 is 5.60 Å². The van der Waals surface area contributed by atoms with Gasteiger partial charge in [-0.05, 0) is 36.0 Å². The Morgan fingerprint density at radius 1 is 1.31 bits per heavy atom. The molecule has 26 heavy (non-hydrogen) atoms. The van der Waals surface area contributed by atoms with E-state index in [9.17, 15) is 4.79 Å². The average molecular weight is 376 g/mol. The molecule has 142 valence electrons. The molecule has 0 amide bonds. The average Bonchev–Trinajstić information content (AvgIpc) is 2.77. The fraction of sp³-hybridized carbons (Fsp3) is 0.619. The van der Waals surface area contributed by atoms with E-state index in [2.05, 4.69) is 51.7 Å². The molecule has 1 heterocycles. The summed E-state index contributed by atoms with van der Waals surface area (Å²) in [6.45, 7) is 16.6. The fourth-order valence-electron chi connectivity index (χ4n) is 3.51. The summed E-state index contributed by atoms with van der Waals surface area (Å²) in [6.07, 6.45) is 0.689. The molecule has 1 unspecified atom stereocenters. The molecule has 1 aromatic carbocycles. The molecule has 0 saturated carbocycles. The lowest BCUT2D eigenvalue weighted by Gasteiger charge is -2.30. The molecule has 0 radical (unpaired) electrons. The second-order valence-electron chi connectivity index (χ2n) is 9.33. The molecule has 1 aromatic rings. The van der Waals surface area contributed by atoms with E-state index >= 15 is 0 Å². The van der Waals surface area contributed by atoms with E-state index in [1.807, 2.05) is 13.0 Å². The van der Waals surface area contributed by atoms with E-state index in [1.165, 1.54) is 6.92 Å². The van der Waals surface area contributed by atoms with Crippen molar-refractivity contribution in [2.75, 3.05) is 6.54 Å². The fourth-order valence-corrected chi connectivity index (χ4v) is 3.57. The molecular formula is C21H29NO3S. The lowest BCUT2D eigenvalue weighted by Crippen LogP contribution is -2.34. The number of benzene rings is 1. The van der Waals surface area contributed by atoms with Gasteiger partial charge in [0.15, 0.2) is 0 Å². The Kier molecular flexibility index (Phi) is 5.38. The largest absolute Gasteiger partial charge is 0.485 e. The van der Waals surface area contributed by atoms with Crippen molar-refractivity contribution in [1.29, 1.82) is 0 Å². The van der Waals surface area contributed by atoms with Gasteiger partial charge >= 0.3 is 5.97 Å². The smallest absolute Gasteiger partial charge is 0.308 e. The lowest BCUT2D eigenvalue weighted by atomic mass is 9.76. The normalized spacial score (nSPS) is 19.4. The van der Waals surface area contributed by atoms with E-state index in [0.717, 1.165) is 22.4 Å². The van der Waals surface area contributed by atoms with Crippen molar-refractivity contribution in [3.8, 4) is 11.5 Å². The third-order valence-corrected chi connectivity index (χ3v) is 4.66. The molecule has 4 nitrogen and oxygen atoms in total. The number of ether oxygens (including phenoxy) is 2. The van der Waals surface area contributed by atoms with Crippen LogP contribution in [0.15, 0.2) is 11.1 Å². The van der Waals surface area contributed by atoms with Crippen LogP contribution < -0.4 is 9.47 Å². The van der Waals surface area contributed by atoms with Crippen molar-refractivity contribution in [2.45, 2.75) is 78.2 Å². The van der Waals surface area contributed by atoms with E-state index in [-0.39, 0.29) is 16.8 Å². The Balaban J connectivity index is 2.77. The molecule has 1 atom stereocenters. The lowest BCUT2D eigenvalue weighted by molar-refractivity contribution is -0.132. The number of thiocarbonyl (C=S) groups is 1. The number of rotatable bonds is 3. The van der Waals surface area contributed by atoms with Crippen LogP contribution in [-0.4, -0.2) is 23.3 Å². The molecule has 1 aliphatic heterocycles. The van der Waals surface area contributed by atoms with E-state index in [4.69, 9.17) is 21.7 Å². The van der Waals surface area contributed by atoms with Crippen LogP contribution >= 0.6 is 12.2 Å². The highest BCUT2D eigenvalue weighted by Gasteiger charge is 2.41. The predicted octanol–water partition coefficient (Wildman–Crippen LogP) is 5.00. The molecule has 5 heteroatoms. The minimum absolute atomic E-state index is 0.200. The van der Waals surface area contributed by atoms with Gasteiger partial charge in [0.2, 0.25) is 0 Å². The number of aliphatic imine (C=N–C) groups is 1. The van der Waals surface area contributed by atoms with Gasteiger partial charge in [-0.15, -0.1) is 0 Å². The summed E-state index contributed by atoms with van der Waals surface area (Å²) in [5.41, 5.74) is 2.21. The van der Waals surface area contributed by atoms with Crippen molar-refractivity contribution in [3.05, 3.63) is 22.8 Å². The molecule has 0 spiro atoms. The summed E-state index contributed by atoms with van der Waals surface area (Å²) in [7, 11) is 0. The Bertz CT molecular complexity index is 780. The topological polar surface area (TPSA) is 47.9 Å². The summed E-state index contributed by atoms with van der Waals surface area (Å²) in [4.78, 5) is 15.9. The zero-order valence-electron chi connectivity index (χ0n) is 17.1. The van der Waals surface area contributed by atoms with Gasteiger partial charge in [-0.2, -0.15) is 0 Å². The highest BCUT2D eigenvalue weighted by Crippen LogP contribution is 2.50. The van der Waals surface area contributed by atoms with Crippen molar-refractivity contribution >= 4 is 23.3 Å². The van der Waals surface area contributed by atoms with Gasteiger partial charge in [0.1, 0.15) is 17.1 Å². The number of fused-ring (bicyclic) bond motifs is 1. The van der Waals surface area contributed by atoms with Crippen LogP contribution in [0.2, 0.25) is 0 Å². The van der Waals surface area contributed by atoms with Gasteiger partial charge in [0.25, 0.3) is 0 Å². The maximum Gasteiger partial charge on any atom is 0.308 e. The number of esters is 1. The van der Waals surface area contributed by atoms with Gasteiger partial charge in [0, 0.05) is 30.0 Å². The number of carbonyl (C=O) groups is 1. The number of carbonyl (C=O) groups excluding carboxylic acids is 1. The number of hydrogen-bond donors (Lipinski definition) is 0. The third-order valence-electron chi connectivity index (χ3n) is 4.54. The monoisotopic (exact) mass is 375 g/mol. The number of isothiocyanates is 1. The summed E-state index contributed by atoms with van der Waals surface area (Å²) in [5, 5.41) is 2.42. The van der Waals surface area contributed by atoms with Crippen LogP contribution in [0.1, 0.15) is 72.1 Å². The summed E-state index contributed by atoms with van der Waals surface area (Å²) >= 11 is 4.72. The summed E-state index contributed by atoms with van der Waals surface area (Å²) in [5.74, 6) is 1.20. The first-order valence-electron chi connectivity index (χ1n) is 8.90. The second-order valence-corrected chi connectivity index (χ2v) is 9.52. The van der Waals surface area contributed by atoms with Crippen LogP contribution in [0.3, 0.4) is 0 Å². The second kappa shape index (κ2) is 6.79. The van der Waals surface area contributed by atoms with Gasteiger partial charge < -0.3 is 9.47 Å². The molecule has 1 aliphatic rings. The van der Waals surface area contributed by atoms with Crippen LogP contribution in [0.4, 0.5) is 0 Å². The Morgan fingerprint density at radius 3 is 2.38 bits per heavy atom. The van der Waals surface area contributed by atoms with Gasteiger partial charge in [-0.1, -0.05) is 41.5 Å². The molecule has 0 aromatic heterocycles. The minimum Gasteiger partial charge on any atom is -0.485 e. The maximum absolute atomic E-state index is 11.9. The van der Waals surface area contributed by atoms with Crippen LogP contribution in [0.5, 0.6) is 11.5 Å². The molecule has 2 rings (SSSR count). The molecule has 0 fully saturated rings. The quantitative estimate of drug-likeness (QED) is 0.323. The molecule has 0 N–H and O–H groups in total. The Labute approximate surface area is 162 Å². The molecule has 0 saturated heterocycles. The van der Waals surface area contributed by atoms with Crippen molar-refractivity contribution in [2.24, 2.45) is 4.99 Å². The van der Waals surface area contributed by atoms with Crippen molar-refractivity contribution in [3.63, 3.8) is 0 Å². The SMILES string of the molecule is CC(=O)Oc1c(C(C)(C)C)cc2c(c1C(C)(C)C)CC(C)(CN=C=S)O2. The number of nitrogens with zero attached hydrogens (tertiary/aromatic N) is 1. The highest BCUT2D eigenvalue weighted by atomic mass is 32.1. The van der Waals surface area contributed by atoms with E-state index in [0.29, 0.717) is 18.7 Å². The highest BCUT2D eigenvalue weighted by molar-refractivity contribution is 7.78. The van der Waals surface area contributed by atoms with Crippen LogP contribution in [0.25, 0.3) is 0 Å². The van der Waals surface area contributed by atoms with Gasteiger partial charge in [-0.3, -0.25) is 4.79 Å². The van der Waals surface area contributed by atoms with Gasteiger partial charge in [0.05, 0.1) is 11.7 Å². The van der Waals surface area contributed by atoms with Crippen molar-refractivity contribution < 1.29 is 14.3 Å². The van der Waals surface area contributed by atoms with Crippen LogP contribution in [-0.2, 0) is 22.0 Å². The predicted molar refractivity (Wildman–Crippen MR) is 108 cm³/mol. The van der Waals surface area contributed by atoms with E-state index in [1.54, 1.807) is 0 Å². The number of hydrogen-bond acceptors (Lipinski definition) is 5. The molecule has 0 aliphatic carbocycles. The first-order valence-corrected chi connectivity index (χ1v) is 9.31.